The molecule has 3 aromatic rings. The summed E-state index contributed by atoms with van der Waals surface area (Å²) in [5.41, 5.74) is 2.16. The van der Waals surface area contributed by atoms with E-state index in [4.69, 9.17) is 0 Å². The van der Waals surface area contributed by atoms with Crippen LogP contribution in [0.25, 0.3) is 0 Å². The van der Waals surface area contributed by atoms with Gasteiger partial charge in [-0.05, 0) is 77.9 Å². The van der Waals surface area contributed by atoms with Crippen LogP contribution in [0.3, 0.4) is 0 Å². The molecule has 2 aromatic carbocycles. The predicted molar refractivity (Wildman–Crippen MR) is 128 cm³/mol. The van der Waals surface area contributed by atoms with Gasteiger partial charge in [0, 0.05) is 25.6 Å². The third-order valence-electron chi connectivity index (χ3n) is 7.32. The highest BCUT2D eigenvalue weighted by atomic mass is 32.1. The van der Waals surface area contributed by atoms with E-state index in [1.165, 1.54) is 11.1 Å². The predicted octanol–water partition coefficient (Wildman–Crippen LogP) is 5.90. The summed E-state index contributed by atoms with van der Waals surface area (Å²) in [6, 6.07) is 14.6. The summed E-state index contributed by atoms with van der Waals surface area (Å²) in [6.45, 7) is 3.76. The van der Waals surface area contributed by atoms with Crippen LogP contribution in [0.15, 0.2) is 59.3 Å². The first kappa shape index (κ1) is 23.1. The third-order valence-corrected chi connectivity index (χ3v) is 8.02. The topological polar surface area (TPSA) is 23.6 Å². The molecule has 34 heavy (non-hydrogen) atoms. The molecule has 0 spiro atoms. The molecule has 2 atom stereocenters. The fourth-order valence-corrected chi connectivity index (χ4v) is 6.18. The number of thiophene rings is 1. The molecule has 2 aliphatic rings. The number of amides is 1. The second kappa shape index (κ2) is 9.92. The van der Waals surface area contributed by atoms with Crippen molar-refractivity contribution in [2.24, 2.45) is 5.92 Å². The standard InChI is InChI=1S/C27H27F3N2OS/c28-24-7-6-22(25(29)26(24)30)27(33)32-15-21(23(16-32)20-10-13-34-17-20)14-31-11-8-19(9-12-31)18-4-2-1-3-5-18/h1-7,10,13,17,19,21,23H,8-9,11-12,14-16H2. The summed E-state index contributed by atoms with van der Waals surface area (Å²) >= 11 is 1.62. The van der Waals surface area contributed by atoms with Crippen LogP contribution in [0.2, 0.25) is 0 Å². The minimum Gasteiger partial charge on any atom is -0.338 e. The monoisotopic (exact) mass is 484 g/mol. The maximum absolute atomic E-state index is 14.3. The van der Waals surface area contributed by atoms with E-state index in [0.717, 1.165) is 44.6 Å². The Balaban J connectivity index is 1.29. The van der Waals surface area contributed by atoms with Crippen molar-refractivity contribution in [3.63, 3.8) is 0 Å². The second-order valence-corrected chi connectivity index (χ2v) is 10.1. The van der Waals surface area contributed by atoms with E-state index in [9.17, 15) is 18.0 Å². The van der Waals surface area contributed by atoms with E-state index in [1.807, 2.05) is 11.4 Å². The van der Waals surface area contributed by atoms with Crippen LogP contribution < -0.4 is 0 Å². The molecule has 3 nitrogen and oxygen atoms in total. The SMILES string of the molecule is O=C(c1ccc(F)c(F)c1F)N1CC(CN2CCC(c3ccccc3)CC2)C(c2ccsc2)C1. The summed E-state index contributed by atoms with van der Waals surface area (Å²) in [6.07, 6.45) is 2.20. The van der Waals surface area contributed by atoms with Gasteiger partial charge >= 0.3 is 0 Å². The number of rotatable bonds is 5. The molecule has 0 radical (unpaired) electrons. The highest BCUT2D eigenvalue weighted by molar-refractivity contribution is 7.08. The minimum absolute atomic E-state index is 0.135. The fraction of sp³-hybridized carbons (Fsp3) is 0.370. The van der Waals surface area contributed by atoms with Gasteiger partial charge in [-0.15, -0.1) is 0 Å². The van der Waals surface area contributed by atoms with Crippen molar-refractivity contribution in [2.75, 3.05) is 32.7 Å². The van der Waals surface area contributed by atoms with Gasteiger partial charge in [-0.25, -0.2) is 13.2 Å². The highest BCUT2D eigenvalue weighted by Crippen LogP contribution is 2.37. The Hall–Kier alpha value is -2.64. The summed E-state index contributed by atoms with van der Waals surface area (Å²) in [4.78, 5) is 17.1. The number of carbonyl (C=O) groups is 1. The van der Waals surface area contributed by atoms with Crippen LogP contribution in [0.4, 0.5) is 13.2 Å². The molecule has 3 heterocycles. The Morgan fingerprint density at radius 2 is 1.68 bits per heavy atom. The maximum atomic E-state index is 14.3. The molecular formula is C27H27F3N2OS. The number of likely N-dealkylation sites (tertiary alicyclic amines) is 2. The van der Waals surface area contributed by atoms with E-state index >= 15 is 0 Å². The van der Waals surface area contributed by atoms with Crippen molar-refractivity contribution in [3.05, 3.63) is 93.4 Å². The molecular weight excluding hydrogens is 457 g/mol. The number of benzene rings is 2. The van der Waals surface area contributed by atoms with Crippen molar-refractivity contribution in [1.29, 1.82) is 0 Å². The first-order chi connectivity index (χ1) is 16.5. The average molecular weight is 485 g/mol. The zero-order valence-electron chi connectivity index (χ0n) is 18.8. The van der Waals surface area contributed by atoms with E-state index in [-0.39, 0.29) is 11.8 Å². The molecule has 1 amide bonds. The largest absolute Gasteiger partial charge is 0.338 e. The molecule has 5 rings (SSSR count). The summed E-state index contributed by atoms with van der Waals surface area (Å²) in [7, 11) is 0. The van der Waals surface area contributed by atoms with Gasteiger partial charge in [0.15, 0.2) is 17.5 Å². The van der Waals surface area contributed by atoms with Crippen LogP contribution in [0.1, 0.15) is 46.2 Å². The van der Waals surface area contributed by atoms with Gasteiger partial charge in [0.05, 0.1) is 5.56 Å². The molecule has 0 aliphatic carbocycles. The van der Waals surface area contributed by atoms with Crippen molar-refractivity contribution in [1.82, 2.24) is 9.80 Å². The van der Waals surface area contributed by atoms with Crippen molar-refractivity contribution < 1.29 is 18.0 Å². The second-order valence-electron chi connectivity index (χ2n) is 9.34. The van der Waals surface area contributed by atoms with Gasteiger partial charge < -0.3 is 9.80 Å². The Kier molecular flexibility index (Phi) is 6.75. The quantitative estimate of drug-likeness (QED) is 0.421. The maximum Gasteiger partial charge on any atom is 0.256 e. The minimum atomic E-state index is -1.60. The van der Waals surface area contributed by atoms with Crippen LogP contribution in [0, 0.1) is 23.4 Å². The van der Waals surface area contributed by atoms with Gasteiger partial charge in [-0.1, -0.05) is 30.3 Å². The molecule has 2 fully saturated rings. The van der Waals surface area contributed by atoms with Crippen LogP contribution in [-0.2, 0) is 0 Å². The first-order valence-electron chi connectivity index (χ1n) is 11.7. The molecule has 0 N–H and O–H groups in total. The number of piperidine rings is 1. The number of carbonyl (C=O) groups excluding carboxylic acids is 1. The lowest BCUT2D eigenvalue weighted by Crippen LogP contribution is -2.38. The average Bonchev–Trinajstić information content (AvgIpc) is 3.54. The first-order valence-corrected chi connectivity index (χ1v) is 12.7. The lowest BCUT2D eigenvalue weighted by molar-refractivity contribution is 0.0775. The van der Waals surface area contributed by atoms with Crippen LogP contribution in [0.5, 0.6) is 0 Å². The third kappa shape index (κ3) is 4.64. The molecule has 7 heteroatoms. The van der Waals surface area contributed by atoms with Gasteiger partial charge in [0.25, 0.3) is 5.91 Å². The smallest absolute Gasteiger partial charge is 0.256 e. The Labute approximate surface area is 201 Å². The summed E-state index contributed by atoms with van der Waals surface area (Å²) < 4.78 is 41.4. The van der Waals surface area contributed by atoms with E-state index in [0.29, 0.717) is 19.0 Å². The highest BCUT2D eigenvalue weighted by Gasteiger charge is 2.39. The van der Waals surface area contributed by atoms with Gasteiger partial charge in [0.1, 0.15) is 0 Å². The van der Waals surface area contributed by atoms with Crippen LogP contribution >= 0.6 is 11.3 Å². The van der Waals surface area contributed by atoms with E-state index in [1.54, 1.807) is 16.2 Å². The molecule has 1 aromatic heterocycles. The zero-order chi connectivity index (χ0) is 23.7. The van der Waals surface area contributed by atoms with Crippen molar-refractivity contribution in [3.8, 4) is 0 Å². The normalized spacial score (nSPS) is 21.8. The summed E-state index contributed by atoms with van der Waals surface area (Å²) in [5, 5.41) is 4.13. The number of hydrogen-bond donors (Lipinski definition) is 0. The van der Waals surface area contributed by atoms with Crippen molar-refractivity contribution in [2.45, 2.75) is 24.7 Å². The van der Waals surface area contributed by atoms with Gasteiger partial charge in [-0.2, -0.15) is 11.3 Å². The summed E-state index contributed by atoms with van der Waals surface area (Å²) in [5.74, 6) is -3.98. The number of halogens is 3. The molecule has 178 valence electrons. The van der Waals surface area contributed by atoms with Crippen molar-refractivity contribution >= 4 is 17.2 Å². The van der Waals surface area contributed by atoms with Crippen LogP contribution in [-0.4, -0.2) is 48.4 Å². The molecule has 2 unspecified atom stereocenters. The zero-order valence-corrected chi connectivity index (χ0v) is 19.6. The lowest BCUT2D eigenvalue weighted by Gasteiger charge is -2.34. The Bertz CT molecular complexity index is 1130. The molecule has 2 saturated heterocycles. The fourth-order valence-electron chi connectivity index (χ4n) is 5.45. The molecule has 2 aliphatic heterocycles. The number of nitrogens with zero attached hydrogens (tertiary/aromatic N) is 2. The number of hydrogen-bond acceptors (Lipinski definition) is 3. The molecule has 0 saturated carbocycles. The van der Waals surface area contributed by atoms with Gasteiger partial charge in [0.2, 0.25) is 0 Å². The van der Waals surface area contributed by atoms with Gasteiger partial charge in [-0.3, -0.25) is 4.79 Å². The van der Waals surface area contributed by atoms with E-state index < -0.39 is 28.9 Å². The Morgan fingerprint density at radius 1 is 0.912 bits per heavy atom. The Morgan fingerprint density at radius 3 is 2.38 bits per heavy atom. The van der Waals surface area contributed by atoms with E-state index in [2.05, 4.69) is 40.6 Å². The lowest BCUT2D eigenvalue weighted by atomic mass is 9.87. The molecule has 0 bridgehead atoms.